The third kappa shape index (κ3) is 2.88. The fraction of sp³-hybridized carbons (Fsp3) is 0.400. The summed E-state index contributed by atoms with van der Waals surface area (Å²) < 4.78 is 7.71. The number of imidazole rings is 1. The lowest BCUT2D eigenvalue weighted by atomic mass is 10.1. The molecule has 0 aliphatic carbocycles. The van der Waals surface area contributed by atoms with E-state index in [0.717, 1.165) is 46.8 Å². The van der Waals surface area contributed by atoms with E-state index in [-0.39, 0.29) is 0 Å². The lowest BCUT2D eigenvalue weighted by Gasteiger charge is -2.11. The maximum Gasteiger partial charge on any atom is 0.124 e. The number of rotatable bonds is 5. The van der Waals surface area contributed by atoms with Crippen molar-refractivity contribution >= 4 is 11.0 Å². The Bertz CT molecular complexity index is 847. The number of pyridine rings is 1. The van der Waals surface area contributed by atoms with Gasteiger partial charge in [0.1, 0.15) is 11.6 Å². The van der Waals surface area contributed by atoms with Gasteiger partial charge in [-0.05, 0) is 43.0 Å². The number of fused-ring (bicyclic) bond motifs is 1. The molecule has 24 heavy (non-hydrogen) atoms. The highest BCUT2D eigenvalue weighted by Crippen LogP contribution is 2.29. The summed E-state index contributed by atoms with van der Waals surface area (Å²) in [5, 5.41) is 0. The highest BCUT2D eigenvalue weighted by molar-refractivity contribution is 5.81. The van der Waals surface area contributed by atoms with E-state index < -0.39 is 0 Å². The minimum atomic E-state index is 0.431. The van der Waals surface area contributed by atoms with Crippen LogP contribution in [0, 0.1) is 6.92 Å². The first-order valence-electron chi connectivity index (χ1n) is 8.57. The monoisotopic (exact) mass is 323 g/mol. The summed E-state index contributed by atoms with van der Waals surface area (Å²) in [6.45, 7) is 8.52. The van der Waals surface area contributed by atoms with Gasteiger partial charge in [-0.25, -0.2) is 4.98 Å². The molecule has 1 aromatic carbocycles. The molecule has 0 aliphatic rings. The van der Waals surface area contributed by atoms with E-state index in [1.54, 1.807) is 7.11 Å². The number of nitrogens with zero attached hydrogens (tertiary/aromatic N) is 3. The summed E-state index contributed by atoms with van der Waals surface area (Å²) in [5.41, 5.74) is 5.44. The molecule has 4 nitrogen and oxygen atoms in total. The summed E-state index contributed by atoms with van der Waals surface area (Å²) in [6, 6.07) is 8.47. The van der Waals surface area contributed by atoms with Crippen LogP contribution >= 0.6 is 0 Å². The Morgan fingerprint density at radius 1 is 1.21 bits per heavy atom. The molecule has 0 aliphatic heterocycles. The van der Waals surface area contributed by atoms with E-state index in [0.29, 0.717) is 5.92 Å². The van der Waals surface area contributed by atoms with Crippen molar-refractivity contribution in [3.8, 4) is 11.4 Å². The highest BCUT2D eigenvalue weighted by Gasteiger charge is 2.14. The molecule has 2 heterocycles. The summed E-state index contributed by atoms with van der Waals surface area (Å²) in [4.78, 5) is 9.31. The van der Waals surface area contributed by atoms with Crippen molar-refractivity contribution in [3.05, 3.63) is 47.5 Å². The van der Waals surface area contributed by atoms with E-state index >= 15 is 0 Å². The van der Waals surface area contributed by atoms with E-state index in [4.69, 9.17) is 9.72 Å². The van der Waals surface area contributed by atoms with Crippen LogP contribution in [-0.4, -0.2) is 21.6 Å². The zero-order chi connectivity index (χ0) is 17.3. The van der Waals surface area contributed by atoms with Gasteiger partial charge < -0.3 is 4.74 Å². The molecule has 0 saturated heterocycles. The SMILES string of the molecule is CCCc1cc2c(cc1OC)nc(C)n2-c1ccc(C(C)C)nc1. The van der Waals surface area contributed by atoms with Gasteiger partial charge in [0.2, 0.25) is 0 Å². The second-order valence-corrected chi connectivity index (χ2v) is 6.49. The summed E-state index contributed by atoms with van der Waals surface area (Å²) in [6.07, 6.45) is 4.01. The third-order valence-corrected chi connectivity index (χ3v) is 4.36. The van der Waals surface area contributed by atoms with Crippen molar-refractivity contribution in [1.82, 2.24) is 14.5 Å². The molecule has 0 bridgehead atoms. The summed E-state index contributed by atoms with van der Waals surface area (Å²) in [7, 11) is 1.72. The molecular weight excluding hydrogens is 298 g/mol. The van der Waals surface area contributed by atoms with Crippen LogP contribution in [0.25, 0.3) is 16.7 Å². The maximum absolute atomic E-state index is 5.54. The van der Waals surface area contributed by atoms with Gasteiger partial charge in [-0.2, -0.15) is 0 Å². The highest BCUT2D eigenvalue weighted by atomic mass is 16.5. The fourth-order valence-corrected chi connectivity index (χ4v) is 3.12. The molecule has 3 rings (SSSR count). The van der Waals surface area contributed by atoms with Crippen LogP contribution in [-0.2, 0) is 6.42 Å². The summed E-state index contributed by atoms with van der Waals surface area (Å²) >= 11 is 0. The van der Waals surface area contributed by atoms with Gasteiger partial charge in [0.05, 0.1) is 30.0 Å². The topological polar surface area (TPSA) is 39.9 Å². The number of hydrogen-bond acceptors (Lipinski definition) is 3. The van der Waals surface area contributed by atoms with Crippen LogP contribution in [0.2, 0.25) is 0 Å². The third-order valence-electron chi connectivity index (χ3n) is 4.36. The van der Waals surface area contributed by atoms with E-state index in [2.05, 4.69) is 48.5 Å². The Morgan fingerprint density at radius 2 is 2.00 bits per heavy atom. The smallest absolute Gasteiger partial charge is 0.124 e. The molecule has 0 spiro atoms. The van der Waals surface area contributed by atoms with Crippen molar-refractivity contribution in [2.45, 2.75) is 46.5 Å². The Morgan fingerprint density at radius 3 is 2.58 bits per heavy atom. The van der Waals surface area contributed by atoms with Gasteiger partial charge in [0, 0.05) is 11.8 Å². The van der Waals surface area contributed by atoms with Crippen molar-refractivity contribution < 1.29 is 4.74 Å². The number of ether oxygens (including phenoxy) is 1. The molecule has 2 aromatic heterocycles. The second kappa shape index (κ2) is 6.63. The predicted octanol–water partition coefficient (Wildman–Crippen LogP) is 4.81. The molecule has 126 valence electrons. The van der Waals surface area contributed by atoms with Gasteiger partial charge >= 0.3 is 0 Å². The molecule has 4 heteroatoms. The largest absolute Gasteiger partial charge is 0.496 e. The normalized spacial score (nSPS) is 11.4. The van der Waals surface area contributed by atoms with E-state index in [1.165, 1.54) is 5.56 Å². The minimum absolute atomic E-state index is 0.431. The predicted molar refractivity (Wildman–Crippen MR) is 98.2 cm³/mol. The van der Waals surface area contributed by atoms with Gasteiger partial charge in [-0.15, -0.1) is 0 Å². The van der Waals surface area contributed by atoms with Crippen molar-refractivity contribution in [1.29, 1.82) is 0 Å². The number of aromatic nitrogens is 3. The van der Waals surface area contributed by atoms with Crippen LogP contribution in [0.5, 0.6) is 5.75 Å². The van der Waals surface area contributed by atoms with Crippen LogP contribution in [0.1, 0.15) is 50.2 Å². The lowest BCUT2D eigenvalue weighted by molar-refractivity contribution is 0.410. The molecule has 0 saturated carbocycles. The number of methoxy groups -OCH3 is 1. The van der Waals surface area contributed by atoms with Crippen LogP contribution < -0.4 is 4.74 Å². The molecule has 0 unspecified atom stereocenters. The average Bonchev–Trinajstić information content (AvgIpc) is 2.89. The zero-order valence-corrected chi connectivity index (χ0v) is 15.1. The number of aryl methyl sites for hydroxylation is 2. The second-order valence-electron chi connectivity index (χ2n) is 6.49. The van der Waals surface area contributed by atoms with Crippen LogP contribution in [0.3, 0.4) is 0 Å². The number of hydrogen-bond donors (Lipinski definition) is 0. The Labute approximate surface area is 143 Å². The maximum atomic E-state index is 5.54. The summed E-state index contributed by atoms with van der Waals surface area (Å²) in [5.74, 6) is 2.31. The van der Waals surface area contributed by atoms with E-state index in [9.17, 15) is 0 Å². The first kappa shape index (κ1) is 16.5. The Kier molecular flexibility index (Phi) is 4.56. The molecule has 0 radical (unpaired) electrons. The van der Waals surface area contributed by atoms with E-state index in [1.807, 2.05) is 19.2 Å². The average molecular weight is 323 g/mol. The molecule has 0 N–H and O–H groups in total. The quantitative estimate of drug-likeness (QED) is 0.676. The van der Waals surface area contributed by atoms with Crippen molar-refractivity contribution in [2.24, 2.45) is 0 Å². The van der Waals surface area contributed by atoms with Crippen molar-refractivity contribution in [3.63, 3.8) is 0 Å². The lowest BCUT2D eigenvalue weighted by Crippen LogP contribution is -2.00. The van der Waals surface area contributed by atoms with Gasteiger partial charge in [0.25, 0.3) is 0 Å². The van der Waals surface area contributed by atoms with Crippen LogP contribution in [0.15, 0.2) is 30.5 Å². The fourth-order valence-electron chi connectivity index (χ4n) is 3.12. The Balaban J connectivity index is 2.16. The molecule has 0 amide bonds. The molecule has 3 aromatic rings. The standard InChI is InChI=1S/C20H25N3O/c1-6-7-15-10-19-18(11-20(15)24-5)22-14(4)23(19)16-8-9-17(13(2)3)21-12-16/h8-13H,6-7H2,1-5H3. The van der Waals surface area contributed by atoms with Gasteiger partial charge in [0.15, 0.2) is 0 Å². The number of benzene rings is 1. The molecule has 0 fully saturated rings. The van der Waals surface area contributed by atoms with Crippen LogP contribution in [0.4, 0.5) is 0 Å². The Hall–Kier alpha value is -2.36. The zero-order valence-electron chi connectivity index (χ0n) is 15.1. The first-order chi connectivity index (χ1) is 11.5. The minimum Gasteiger partial charge on any atom is -0.496 e. The van der Waals surface area contributed by atoms with Crippen molar-refractivity contribution in [2.75, 3.05) is 7.11 Å². The molecular formula is C20H25N3O. The molecule has 0 atom stereocenters. The van der Waals surface area contributed by atoms with Gasteiger partial charge in [-0.1, -0.05) is 27.2 Å². The first-order valence-corrected chi connectivity index (χ1v) is 8.57. The van der Waals surface area contributed by atoms with Gasteiger partial charge in [-0.3, -0.25) is 9.55 Å².